The topological polar surface area (TPSA) is 41.6 Å². The van der Waals surface area contributed by atoms with E-state index < -0.39 is 0 Å². The summed E-state index contributed by atoms with van der Waals surface area (Å²) in [6, 6.07) is 10.2. The first-order chi connectivity index (χ1) is 7.83. The molecule has 16 heavy (non-hydrogen) atoms. The summed E-state index contributed by atoms with van der Waals surface area (Å²) >= 11 is 0. The zero-order valence-corrected chi connectivity index (χ0v) is 9.35. The van der Waals surface area contributed by atoms with Crippen molar-refractivity contribution < 1.29 is 9.53 Å². The Kier molecular flexibility index (Phi) is 3.41. The number of ether oxygens (including phenoxy) is 1. The monoisotopic (exact) mass is 220 g/mol. The molecule has 86 valence electrons. The van der Waals surface area contributed by atoms with Crippen LogP contribution in [0.2, 0.25) is 0 Å². The molecule has 0 spiro atoms. The van der Waals surface area contributed by atoms with Crippen molar-refractivity contribution in [2.24, 2.45) is 0 Å². The molecule has 0 aliphatic carbocycles. The Morgan fingerprint density at radius 2 is 2.19 bits per heavy atom. The van der Waals surface area contributed by atoms with Gasteiger partial charge in [0.25, 0.3) is 0 Å². The van der Waals surface area contributed by atoms with E-state index in [-0.39, 0.29) is 12.1 Å². The van der Waals surface area contributed by atoms with E-state index in [1.807, 2.05) is 35.2 Å². The van der Waals surface area contributed by atoms with Crippen LogP contribution in [-0.4, -0.2) is 37.7 Å². The fourth-order valence-corrected chi connectivity index (χ4v) is 1.96. The second-order valence-corrected chi connectivity index (χ2v) is 3.80. The Labute approximate surface area is 95.2 Å². The zero-order valence-electron chi connectivity index (χ0n) is 9.35. The van der Waals surface area contributed by atoms with Gasteiger partial charge in [0.1, 0.15) is 0 Å². The lowest BCUT2D eigenvalue weighted by Gasteiger charge is -2.22. The molecule has 1 saturated heterocycles. The van der Waals surface area contributed by atoms with Gasteiger partial charge < -0.3 is 15.0 Å². The zero-order chi connectivity index (χ0) is 11.4. The van der Waals surface area contributed by atoms with Crippen molar-refractivity contribution in [3.05, 3.63) is 35.9 Å². The molecule has 1 N–H and O–H groups in total. The molecule has 0 aromatic heterocycles. The molecule has 1 aliphatic heterocycles. The minimum Gasteiger partial charge on any atom is -0.383 e. The molecule has 1 aromatic carbocycles. The molecular formula is C12H16N2O2. The van der Waals surface area contributed by atoms with Crippen molar-refractivity contribution in [3.63, 3.8) is 0 Å². The van der Waals surface area contributed by atoms with Crippen LogP contribution in [0.4, 0.5) is 4.79 Å². The predicted molar refractivity (Wildman–Crippen MR) is 61.2 cm³/mol. The van der Waals surface area contributed by atoms with Crippen LogP contribution in [0.3, 0.4) is 0 Å². The highest BCUT2D eigenvalue weighted by atomic mass is 16.5. The number of benzene rings is 1. The molecule has 4 heteroatoms. The number of amides is 2. The van der Waals surface area contributed by atoms with Crippen LogP contribution in [0.1, 0.15) is 11.6 Å². The number of urea groups is 1. The number of hydrogen-bond acceptors (Lipinski definition) is 2. The summed E-state index contributed by atoms with van der Waals surface area (Å²) in [7, 11) is 1.64. The van der Waals surface area contributed by atoms with Crippen molar-refractivity contribution in [1.29, 1.82) is 0 Å². The highest BCUT2D eigenvalue weighted by Gasteiger charge is 2.30. The summed E-state index contributed by atoms with van der Waals surface area (Å²) in [5.41, 5.74) is 1.16. The fraction of sp³-hybridized carbons (Fsp3) is 0.417. The molecule has 0 saturated carbocycles. The van der Waals surface area contributed by atoms with Gasteiger partial charge in [-0.05, 0) is 5.56 Å². The van der Waals surface area contributed by atoms with Gasteiger partial charge in [0, 0.05) is 20.2 Å². The maximum absolute atomic E-state index is 11.6. The number of carbonyl (C=O) groups is 1. The quantitative estimate of drug-likeness (QED) is 0.833. The summed E-state index contributed by atoms with van der Waals surface area (Å²) in [6.07, 6.45) is 0. The van der Waals surface area contributed by atoms with E-state index in [1.165, 1.54) is 0 Å². The molecule has 0 radical (unpaired) electrons. The lowest BCUT2D eigenvalue weighted by molar-refractivity contribution is 0.147. The third kappa shape index (κ3) is 2.17. The standard InChI is InChI=1S/C12H16N2O2/c1-16-8-7-14-11(9-13-12(14)15)10-5-3-2-4-6-10/h2-6,11H,7-9H2,1H3,(H,13,15). The van der Waals surface area contributed by atoms with Gasteiger partial charge in [-0.2, -0.15) is 0 Å². The van der Waals surface area contributed by atoms with Crippen molar-refractivity contribution >= 4 is 6.03 Å². The van der Waals surface area contributed by atoms with E-state index >= 15 is 0 Å². The molecule has 1 heterocycles. The van der Waals surface area contributed by atoms with Gasteiger partial charge in [-0.25, -0.2) is 4.79 Å². The smallest absolute Gasteiger partial charge is 0.318 e. The number of hydrogen-bond donors (Lipinski definition) is 1. The average molecular weight is 220 g/mol. The molecule has 1 aliphatic rings. The van der Waals surface area contributed by atoms with Crippen LogP contribution in [0.5, 0.6) is 0 Å². The predicted octanol–water partition coefficient (Wildman–Crippen LogP) is 1.40. The van der Waals surface area contributed by atoms with Crippen LogP contribution in [0.25, 0.3) is 0 Å². The first-order valence-corrected chi connectivity index (χ1v) is 5.41. The Morgan fingerprint density at radius 3 is 2.88 bits per heavy atom. The average Bonchev–Trinajstić information content (AvgIpc) is 2.69. The maximum Gasteiger partial charge on any atom is 0.318 e. The van der Waals surface area contributed by atoms with Crippen LogP contribution in [0.15, 0.2) is 30.3 Å². The number of rotatable bonds is 4. The third-order valence-electron chi connectivity index (χ3n) is 2.80. The number of carbonyl (C=O) groups excluding carboxylic acids is 1. The normalized spacial score (nSPS) is 19.9. The third-order valence-corrected chi connectivity index (χ3v) is 2.80. The largest absolute Gasteiger partial charge is 0.383 e. The molecule has 1 unspecified atom stereocenters. The van der Waals surface area contributed by atoms with Gasteiger partial charge in [-0.1, -0.05) is 30.3 Å². The number of nitrogens with zero attached hydrogens (tertiary/aromatic N) is 1. The minimum absolute atomic E-state index is 0.00842. The van der Waals surface area contributed by atoms with Crippen LogP contribution < -0.4 is 5.32 Å². The summed E-state index contributed by atoms with van der Waals surface area (Å²) in [6.45, 7) is 1.87. The molecular weight excluding hydrogens is 204 g/mol. The number of methoxy groups -OCH3 is 1. The second-order valence-electron chi connectivity index (χ2n) is 3.80. The van der Waals surface area contributed by atoms with Gasteiger partial charge in [-0.3, -0.25) is 0 Å². The maximum atomic E-state index is 11.6. The van der Waals surface area contributed by atoms with Gasteiger partial charge in [0.05, 0.1) is 12.6 Å². The Balaban J connectivity index is 2.11. The molecule has 2 rings (SSSR count). The Bertz CT molecular complexity index is 353. The van der Waals surface area contributed by atoms with E-state index in [2.05, 4.69) is 5.32 Å². The second kappa shape index (κ2) is 4.99. The summed E-state index contributed by atoms with van der Waals surface area (Å²) in [5.74, 6) is 0. The van der Waals surface area contributed by atoms with Crippen LogP contribution >= 0.6 is 0 Å². The Hall–Kier alpha value is -1.55. The van der Waals surface area contributed by atoms with E-state index in [4.69, 9.17) is 4.74 Å². The van der Waals surface area contributed by atoms with Gasteiger partial charge in [0.2, 0.25) is 0 Å². The lowest BCUT2D eigenvalue weighted by atomic mass is 10.1. The fourth-order valence-electron chi connectivity index (χ4n) is 1.96. The van der Waals surface area contributed by atoms with Gasteiger partial charge in [-0.15, -0.1) is 0 Å². The summed E-state index contributed by atoms with van der Waals surface area (Å²) < 4.78 is 5.01. The molecule has 4 nitrogen and oxygen atoms in total. The molecule has 2 amide bonds. The van der Waals surface area contributed by atoms with E-state index in [9.17, 15) is 4.79 Å². The van der Waals surface area contributed by atoms with Crippen molar-refractivity contribution in [2.75, 3.05) is 26.8 Å². The van der Waals surface area contributed by atoms with Crippen molar-refractivity contribution in [2.45, 2.75) is 6.04 Å². The SMILES string of the molecule is COCCN1C(=O)NCC1c1ccccc1. The van der Waals surface area contributed by atoms with Gasteiger partial charge >= 0.3 is 6.03 Å². The summed E-state index contributed by atoms with van der Waals surface area (Å²) in [4.78, 5) is 13.4. The minimum atomic E-state index is -0.00842. The molecule has 1 aromatic rings. The Morgan fingerprint density at radius 1 is 1.44 bits per heavy atom. The molecule has 1 fully saturated rings. The first-order valence-electron chi connectivity index (χ1n) is 5.41. The summed E-state index contributed by atoms with van der Waals surface area (Å²) in [5, 5.41) is 2.86. The highest BCUT2D eigenvalue weighted by molar-refractivity contribution is 5.77. The molecule has 0 bridgehead atoms. The van der Waals surface area contributed by atoms with Gasteiger partial charge in [0.15, 0.2) is 0 Å². The van der Waals surface area contributed by atoms with E-state index in [1.54, 1.807) is 7.11 Å². The van der Waals surface area contributed by atoms with E-state index in [0.29, 0.717) is 19.7 Å². The van der Waals surface area contributed by atoms with Crippen LogP contribution in [0, 0.1) is 0 Å². The number of nitrogens with one attached hydrogen (secondary N) is 1. The lowest BCUT2D eigenvalue weighted by Crippen LogP contribution is -2.32. The van der Waals surface area contributed by atoms with Crippen molar-refractivity contribution in [1.82, 2.24) is 10.2 Å². The van der Waals surface area contributed by atoms with Crippen LogP contribution in [-0.2, 0) is 4.74 Å². The first kappa shape index (κ1) is 11.0. The van der Waals surface area contributed by atoms with Crippen molar-refractivity contribution in [3.8, 4) is 0 Å². The highest BCUT2D eigenvalue weighted by Crippen LogP contribution is 2.23. The van der Waals surface area contributed by atoms with E-state index in [0.717, 1.165) is 5.56 Å². The molecule has 1 atom stereocenters.